The third kappa shape index (κ3) is 4.04. The fraction of sp³-hybridized carbons (Fsp3) is 0.290. The fourth-order valence-electron chi connectivity index (χ4n) is 6.39. The summed E-state index contributed by atoms with van der Waals surface area (Å²) in [5, 5.41) is 12.3. The zero-order valence-corrected chi connectivity index (χ0v) is 21.7. The van der Waals surface area contributed by atoms with Crippen LogP contribution in [0, 0.1) is 23.2 Å². The lowest BCUT2D eigenvalue weighted by Crippen LogP contribution is -2.49. The molecule has 3 aliphatic carbocycles. The van der Waals surface area contributed by atoms with Gasteiger partial charge in [0.2, 0.25) is 0 Å². The van der Waals surface area contributed by atoms with E-state index in [0.29, 0.717) is 23.4 Å². The van der Waals surface area contributed by atoms with Crippen molar-refractivity contribution in [3.8, 4) is 6.07 Å². The predicted octanol–water partition coefficient (Wildman–Crippen LogP) is 5.51. The van der Waals surface area contributed by atoms with Gasteiger partial charge < -0.3 is 4.90 Å². The summed E-state index contributed by atoms with van der Waals surface area (Å²) >= 11 is 0. The number of anilines is 1. The highest BCUT2D eigenvalue weighted by molar-refractivity contribution is 6.64. The van der Waals surface area contributed by atoms with Crippen LogP contribution in [0.25, 0.3) is 5.57 Å². The van der Waals surface area contributed by atoms with E-state index in [9.17, 15) is 0 Å². The SMILES string of the molecule is C[C@@H]1CC=CC(N2C3=C(C=CCC3)[SiH2]c3ccccc32)C1C1=CC=C(c2ccc(C#N)cn2)CC1. The van der Waals surface area contributed by atoms with Crippen molar-refractivity contribution in [3.05, 3.63) is 107 Å². The molecule has 1 aliphatic heterocycles. The molecule has 0 bridgehead atoms. The summed E-state index contributed by atoms with van der Waals surface area (Å²) in [5.41, 5.74) is 7.48. The Bertz CT molecular complexity index is 1340. The monoisotopic (exact) mass is 473 g/mol. The van der Waals surface area contributed by atoms with Crippen molar-refractivity contribution >= 4 is 26.0 Å². The Morgan fingerprint density at radius 2 is 1.97 bits per heavy atom. The quantitative estimate of drug-likeness (QED) is 0.436. The third-order valence-corrected chi connectivity index (χ3v) is 10.1. The normalized spacial score (nSPS) is 26.1. The zero-order valence-electron chi connectivity index (χ0n) is 20.3. The van der Waals surface area contributed by atoms with Crippen LogP contribution in [0.3, 0.4) is 0 Å². The lowest BCUT2D eigenvalue weighted by Gasteiger charge is -2.47. The van der Waals surface area contributed by atoms with E-state index in [1.165, 1.54) is 11.3 Å². The van der Waals surface area contributed by atoms with Crippen molar-refractivity contribution in [2.75, 3.05) is 4.90 Å². The molecule has 0 saturated carbocycles. The van der Waals surface area contributed by atoms with Crippen LogP contribution in [0.1, 0.15) is 50.3 Å². The van der Waals surface area contributed by atoms with E-state index >= 15 is 0 Å². The van der Waals surface area contributed by atoms with Gasteiger partial charge in [-0.3, -0.25) is 4.98 Å². The number of para-hydroxylation sites is 1. The molecule has 4 aliphatic rings. The molecule has 2 aromatic rings. The number of nitrogens with zero attached hydrogens (tertiary/aromatic N) is 3. The number of rotatable bonds is 3. The van der Waals surface area contributed by atoms with Crippen molar-refractivity contribution in [2.45, 2.75) is 45.1 Å². The van der Waals surface area contributed by atoms with E-state index in [4.69, 9.17) is 5.26 Å². The number of hydrogen-bond acceptors (Lipinski definition) is 3. The van der Waals surface area contributed by atoms with Crippen molar-refractivity contribution in [2.24, 2.45) is 11.8 Å². The fourth-order valence-corrected chi connectivity index (χ4v) is 8.36. The number of fused-ring (bicyclic) bond motifs is 1. The molecule has 0 N–H and O–H groups in total. The summed E-state index contributed by atoms with van der Waals surface area (Å²) in [4.78, 5) is 7.26. The maximum absolute atomic E-state index is 9.08. The molecule has 2 heterocycles. The minimum atomic E-state index is -0.423. The lowest BCUT2D eigenvalue weighted by molar-refractivity contribution is 0.348. The molecule has 4 heteroatoms. The molecule has 0 saturated heterocycles. The highest BCUT2D eigenvalue weighted by atomic mass is 28.2. The van der Waals surface area contributed by atoms with Gasteiger partial charge in [0.25, 0.3) is 0 Å². The first-order chi connectivity index (χ1) is 17.2. The van der Waals surface area contributed by atoms with Gasteiger partial charge in [0.15, 0.2) is 0 Å². The Morgan fingerprint density at radius 1 is 1.06 bits per heavy atom. The number of nitriles is 1. The van der Waals surface area contributed by atoms with E-state index in [1.54, 1.807) is 27.9 Å². The molecule has 1 aromatic carbocycles. The van der Waals surface area contributed by atoms with Crippen LogP contribution in [-0.4, -0.2) is 20.5 Å². The number of aromatic nitrogens is 1. The van der Waals surface area contributed by atoms with E-state index in [1.807, 2.05) is 12.1 Å². The molecule has 35 heavy (non-hydrogen) atoms. The summed E-state index contributed by atoms with van der Waals surface area (Å²) in [6, 6.07) is 15.5. The van der Waals surface area contributed by atoms with E-state index in [0.717, 1.165) is 37.8 Å². The second-order valence-corrected chi connectivity index (χ2v) is 12.1. The smallest absolute Gasteiger partial charge is 0.101 e. The van der Waals surface area contributed by atoms with Crippen LogP contribution < -0.4 is 10.1 Å². The lowest BCUT2D eigenvalue weighted by atomic mass is 9.72. The average Bonchev–Trinajstić information content (AvgIpc) is 2.92. The predicted molar refractivity (Wildman–Crippen MR) is 147 cm³/mol. The highest BCUT2D eigenvalue weighted by Crippen LogP contribution is 2.43. The summed E-state index contributed by atoms with van der Waals surface area (Å²) in [6.45, 7) is 2.43. The molecule has 6 rings (SSSR count). The summed E-state index contributed by atoms with van der Waals surface area (Å²) in [6.07, 6.45) is 21.6. The minimum Gasteiger partial charge on any atom is -0.338 e. The van der Waals surface area contributed by atoms with Crippen LogP contribution >= 0.6 is 0 Å². The van der Waals surface area contributed by atoms with Gasteiger partial charge in [-0.15, -0.1) is 0 Å². The third-order valence-electron chi connectivity index (χ3n) is 8.11. The van der Waals surface area contributed by atoms with E-state index < -0.39 is 9.52 Å². The Labute approximate surface area is 210 Å². The Balaban J connectivity index is 1.37. The van der Waals surface area contributed by atoms with Gasteiger partial charge in [-0.1, -0.05) is 67.2 Å². The van der Waals surface area contributed by atoms with Crippen molar-refractivity contribution < 1.29 is 0 Å². The van der Waals surface area contributed by atoms with Gasteiger partial charge in [0.1, 0.15) is 6.07 Å². The number of allylic oxidation sites excluding steroid dienone is 8. The van der Waals surface area contributed by atoms with Crippen molar-refractivity contribution in [1.82, 2.24) is 4.98 Å². The molecule has 3 nitrogen and oxygen atoms in total. The Kier molecular flexibility index (Phi) is 5.88. The van der Waals surface area contributed by atoms with Gasteiger partial charge in [-0.05, 0) is 72.2 Å². The topological polar surface area (TPSA) is 39.9 Å². The van der Waals surface area contributed by atoms with E-state index in [2.05, 4.69) is 83.6 Å². The maximum Gasteiger partial charge on any atom is 0.101 e. The summed E-state index contributed by atoms with van der Waals surface area (Å²) in [7, 11) is -0.423. The number of benzene rings is 1. The minimum absolute atomic E-state index is 0.361. The molecule has 2 unspecified atom stereocenters. The summed E-state index contributed by atoms with van der Waals surface area (Å²) in [5.74, 6) is 1.10. The van der Waals surface area contributed by atoms with Crippen LogP contribution in [0.2, 0.25) is 0 Å². The highest BCUT2D eigenvalue weighted by Gasteiger charge is 2.38. The van der Waals surface area contributed by atoms with Crippen molar-refractivity contribution in [1.29, 1.82) is 5.26 Å². The molecular weight excluding hydrogens is 442 g/mol. The summed E-state index contributed by atoms with van der Waals surface area (Å²) < 4.78 is 0. The molecule has 0 radical (unpaired) electrons. The van der Waals surface area contributed by atoms with Gasteiger partial charge in [-0.25, -0.2) is 0 Å². The second-order valence-electron chi connectivity index (χ2n) is 10.2. The molecule has 1 aromatic heterocycles. The van der Waals surface area contributed by atoms with E-state index in [-0.39, 0.29) is 0 Å². The molecule has 0 fully saturated rings. The standard InChI is InChI=1S/C31H31N3Si/c1-21-7-6-10-28(34-26-8-2-4-11-29(26)35-30-12-5-3-9-27(30)34)31(21)24-16-14-23(15-17-24)25-18-13-22(19-32)20-33-25/h2,4-6,8,10-14,16,18,20-21,28,31H,3,7,9,15,17,35H2,1H3/t21-,28?,31?/m1/s1. The Hall–Kier alpha value is -3.42. The van der Waals surface area contributed by atoms with Crippen molar-refractivity contribution in [3.63, 3.8) is 0 Å². The van der Waals surface area contributed by atoms with Crippen LogP contribution in [-0.2, 0) is 0 Å². The second kappa shape index (κ2) is 9.32. The average molecular weight is 474 g/mol. The first-order valence-corrected chi connectivity index (χ1v) is 14.3. The molecule has 0 amide bonds. The molecule has 174 valence electrons. The van der Waals surface area contributed by atoms with Crippen LogP contribution in [0.5, 0.6) is 0 Å². The molecule has 3 atom stereocenters. The van der Waals surface area contributed by atoms with Gasteiger partial charge in [0, 0.05) is 23.5 Å². The number of hydrogen-bond donors (Lipinski definition) is 0. The van der Waals surface area contributed by atoms with Crippen LogP contribution in [0.4, 0.5) is 5.69 Å². The first-order valence-electron chi connectivity index (χ1n) is 12.9. The number of pyridine rings is 1. The first kappa shape index (κ1) is 22.1. The Morgan fingerprint density at radius 3 is 2.77 bits per heavy atom. The maximum atomic E-state index is 9.08. The molecule has 0 spiro atoms. The zero-order chi connectivity index (χ0) is 23.8. The van der Waals surface area contributed by atoms with Gasteiger partial charge in [-0.2, -0.15) is 5.26 Å². The van der Waals surface area contributed by atoms with Gasteiger partial charge in [0.05, 0.1) is 26.8 Å². The largest absolute Gasteiger partial charge is 0.338 e. The molecular formula is C31H31N3Si. The van der Waals surface area contributed by atoms with Gasteiger partial charge >= 0.3 is 0 Å². The van der Waals surface area contributed by atoms with Crippen LogP contribution in [0.15, 0.2) is 95.5 Å².